The lowest BCUT2D eigenvalue weighted by Crippen LogP contribution is -2.32. The molecule has 0 atom stereocenters. The van der Waals surface area contributed by atoms with Gasteiger partial charge >= 0.3 is 0 Å². The third-order valence-corrected chi connectivity index (χ3v) is 5.57. The minimum Gasteiger partial charge on any atom is -0.353 e. The van der Waals surface area contributed by atoms with Gasteiger partial charge in [0, 0.05) is 11.1 Å². The van der Waals surface area contributed by atoms with Gasteiger partial charge in [0.15, 0.2) is 5.16 Å². The molecule has 0 saturated carbocycles. The number of hydrogen-bond donors (Lipinski definition) is 1. The highest BCUT2D eigenvalue weighted by molar-refractivity contribution is 7.99. The SMILES string of the molecule is Cc1cccc(-n2c(SCC(=O)NC(C)C)nc3cc(Cl)ccc3c2=O)c1C. The Balaban J connectivity index is 2.17. The van der Waals surface area contributed by atoms with Gasteiger partial charge in [-0.1, -0.05) is 35.5 Å². The van der Waals surface area contributed by atoms with Crippen molar-refractivity contribution >= 4 is 40.2 Å². The first-order chi connectivity index (χ1) is 13.3. The maximum atomic E-state index is 13.3. The van der Waals surface area contributed by atoms with Crippen LogP contribution in [0.25, 0.3) is 16.6 Å². The first-order valence-electron chi connectivity index (χ1n) is 8.99. The van der Waals surface area contributed by atoms with Gasteiger partial charge in [-0.3, -0.25) is 14.2 Å². The molecule has 1 heterocycles. The molecule has 0 unspecified atom stereocenters. The molecule has 0 fully saturated rings. The number of nitrogens with one attached hydrogen (secondary N) is 1. The van der Waals surface area contributed by atoms with Gasteiger partial charge in [-0.2, -0.15) is 0 Å². The maximum Gasteiger partial charge on any atom is 0.266 e. The standard InChI is InChI=1S/C21H22ClN3O2S/c1-12(2)23-19(26)11-28-21-24-17-10-15(22)8-9-16(17)20(27)25(21)18-7-5-6-13(3)14(18)4/h5-10,12H,11H2,1-4H3,(H,23,26). The molecule has 3 rings (SSSR count). The van der Waals surface area contributed by atoms with E-state index >= 15 is 0 Å². The minimum atomic E-state index is -0.179. The van der Waals surface area contributed by atoms with Gasteiger partial charge in [0.2, 0.25) is 5.91 Å². The molecule has 28 heavy (non-hydrogen) atoms. The number of fused-ring (bicyclic) bond motifs is 1. The summed E-state index contributed by atoms with van der Waals surface area (Å²) in [6.45, 7) is 7.79. The molecule has 0 radical (unpaired) electrons. The summed E-state index contributed by atoms with van der Waals surface area (Å²) in [7, 11) is 0. The van der Waals surface area contributed by atoms with Crippen LogP contribution >= 0.6 is 23.4 Å². The predicted molar refractivity (Wildman–Crippen MR) is 116 cm³/mol. The van der Waals surface area contributed by atoms with Crippen molar-refractivity contribution in [1.82, 2.24) is 14.9 Å². The monoisotopic (exact) mass is 415 g/mol. The lowest BCUT2D eigenvalue weighted by atomic mass is 10.1. The third kappa shape index (κ3) is 4.23. The van der Waals surface area contributed by atoms with Crippen LogP contribution in [0.2, 0.25) is 5.02 Å². The summed E-state index contributed by atoms with van der Waals surface area (Å²) < 4.78 is 1.59. The van der Waals surface area contributed by atoms with E-state index in [9.17, 15) is 9.59 Å². The number of halogens is 1. The quantitative estimate of drug-likeness (QED) is 0.499. The van der Waals surface area contributed by atoms with Gasteiger partial charge in [0.1, 0.15) is 0 Å². The van der Waals surface area contributed by atoms with E-state index < -0.39 is 0 Å². The Hall–Kier alpha value is -2.31. The van der Waals surface area contributed by atoms with E-state index in [2.05, 4.69) is 10.3 Å². The number of hydrogen-bond acceptors (Lipinski definition) is 4. The molecule has 0 aliphatic heterocycles. The number of carbonyl (C=O) groups is 1. The molecular weight excluding hydrogens is 394 g/mol. The average molecular weight is 416 g/mol. The van der Waals surface area contributed by atoms with Crippen LogP contribution < -0.4 is 10.9 Å². The van der Waals surface area contributed by atoms with Crippen LogP contribution in [0.3, 0.4) is 0 Å². The Kier molecular flexibility index (Phi) is 6.10. The molecule has 5 nitrogen and oxygen atoms in total. The second-order valence-corrected chi connectivity index (χ2v) is 8.31. The zero-order chi connectivity index (χ0) is 20.4. The summed E-state index contributed by atoms with van der Waals surface area (Å²) >= 11 is 7.33. The van der Waals surface area contributed by atoms with E-state index in [0.717, 1.165) is 16.8 Å². The van der Waals surface area contributed by atoms with Gasteiger partial charge in [-0.05, 0) is 63.1 Å². The summed E-state index contributed by atoms with van der Waals surface area (Å²) in [6, 6.07) is 10.9. The van der Waals surface area contributed by atoms with Gasteiger partial charge in [-0.15, -0.1) is 0 Å². The number of benzene rings is 2. The number of aryl methyl sites for hydroxylation is 1. The van der Waals surface area contributed by atoms with E-state index in [4.69, 9.17) is 11.6 Å². The molecule has 0 aliphatic rings. The fourth-order valence-corrected chi connectivity index (χ4v) is 3.90. The van der Waals surface area contributed by atoms with E-state index in [1.165, 1.54) is 11.8 Å². The van der Waals surface area contributed by atoms with Crippen molar-refractivity contribution in [3.05, 3.63) is 62.9 Å². The Morgan fingerprint density at radius 1 is 1.25 bits per heavy atom. The third-order valence-electron chi connectivity index (χ3n) is 4.40. The summed E-state index contributed by atoms with van der Waals surface area (Å²) in [6.07, 6.45) is 0. The van der Waals surface area contributed by atoms with Crippen LogP contribution in [0.1, 0.15) is 25.0 Å². The molecule has 146 valence electrons. The number of rotatable bonds is 5. The fraction of sp³-hybridized carbons (Fsp3) is 0.286. The van der Waals surface area contributed by atoms with Crippen molar-refractivity contribution in [2.45, 2.75) is 38.9 Å². The number of aromatic nitrogens is 2. The predicted octanol–water partition coefficient (Wildman–Crippen LogP) is 4.27. The van der Waals surface area contributed by atoms with E-state index in [1.54, 1.807) is 22.8 Å². The van der Waals surface area contributed by atoms with Gasteiger partial charge < -0.3 is 5.32 Å². The molecule has 0 aliphatic carbocycles. The highest BCUT2D eigenvalue weighted by atomic mass is 35.5. The van der Waals surface area contributed by atoms with E-state index in [-0.39, 0.29) is 23.3 Å². The second kappa shape index (κ2) is 8.37. The minimum absolute atomic E-state index is 0.0534. The average Bonchev–Trinajstić information content (AvgIpc) is 2.62. The summed E-state index contributed by atoms with van der Waals surface area (Å²) in [5, 5.41) is 4.32. The normalized spacial score (nSPS) is 11.2. The molecule has 1 N–H and O–H groups in total. The molecule has 1 amide bonds. The summed E-state index contributed by atoms with van der Waals surface area (Å²) in [5.74, 6) is 0.0645. The van der Waals surface area contributed by atoms with Gasteiger partial charge in [-0.25, -0.2) is 4.98 Å². The molecule has 1 aromatic heterocycles. The van der Waals surface area contributed by atoms with Crippen LogP contribution in [0, 0.1) is 13.8 Å². The Labute approximate surface area is 173 Å². The summed E-state index contributed by atoms with van der Waals surface area (Å²) in [4.78, 5) is 30.1. The Bertz CT molecular complexity index is 1110. The number of amides is 1. The highest BCUT2D eigenvalue weighted by Crippen LogP contribution is 2.25. The Morgan fingerprint density at radius 2 is 2.00 bits per heavy atom. The number of carbonyl (C=O) groups excluding carboxylic acids is 1. The smallest absolute Gasteiger partial charge is 0.266 e. The van der Waals surface area contributed by atoms with Crippen molar-refractivity contribution in [3.8, 4) is 5.69 Å². The lowest BCUT2D eigenvalue weighted by molar-refractivity contribution is -0.119. The first kappa shape index (κ1) is 20.4. The lowest BCUT2D eigenvalue weighted by Gasteiger charge is -2.16. The van der Waals surface area contributed by atoms with Gasteiger partial charge in [0.25, 0.3) is 5.56 Å². The van der Waals surface area contributed by atoms with Crippen molar-refractivity contribution in [2.24, 2.45) is 0 Å². The zero-order valence-corrected chi connectivity index (χ0v) is 17.8. The van der Waals surface area contributed by atoms with Crippen molar-refractivity contribution in [3.63, 3.8) is 0 Å². The molecule has 7 heteroatoms. The maximum absolute atomic E-state index is 13.3. The van der Waals surface area contributed by atoms with E-state index in [1.807, 2.05) is 45.9 Å². The van der Waals surface area contributed by atoms with Gasteiger partial charge in [0.05, 0.1) is 22.3 Å². The van der Waals surface area contributed by atoms with Crippen LogP contribution in [-0.2, 0) is 4.79 Å². The highest BCUT2D eigenvalue weighted by Gasteiger charge is 2.17. The number of nitrogens with zero attached hydrogens (tertiary/aromatic N) is 2. The first-order valence-corrected chi connectivity index (χ1v) is 10.4. The topological polar surface area (TPSA) is 64.0 Å². The van der Waals surface area contributed by atoms with Crippen LogP contribution in [0.15, 0.2) is 46.3 Å². The van der Waals surface area contributed by atoms with Crippen molar-refractivity contribution < 1.29 is 4.79 Å². The molecule has 0 saturated heterocycles. The zero-order valence-electron chi connectivity index (χ0n) is 16.2. The summed E-state index contributed by atoms with van der Waals surface area (Å²) in [5.41, 5.74) is 3.18. The molecule has 2 aromatic carbocycles. The van der Waals surface area contributed by atoms with Crippen molar-refractivity contribution in [1.29, 1.82) is 0 Å². The Morgan fingerprint density at radius 3 is 2.71 bits per heavy atom. The molecule has 3 aromatic rings. The number of thioether (sulfide) groups is 1. The molecule has 0 spiro atoms. The largest absolute Gasteiger partial charge is 0.353 e. The van der Waals surface area contributed by atoms with E-state index in [0.29, 0.717) is 21.1 Å². The fourth-order valence-electron chi connectivity index (χ4n) is 2.92. The molecular formula is C21H22ClN3O2S. The van der Waals surface area contributed by atoms with Crippen molar-refractivity contribution in [2.75, 3.05) is 5.75 Å². The van der Waals surface area contributed by atoms with Crippen LogP contribution in [0.4, 0.5) is 0 Å². The molecule has 0 bridgehead atoms. The van der Waals surface area contributed by atoms with Crippen LogP contribution in [0.5, 0.6) is 0 Å². The van der Waals surface area contributed by atoms with Crippen LogP contribution in [-0.4, -0.2) is 27.3 Å². The second-order valence-electron chi connectivity index (χ2n) is 6.93.